The van der Waals surface area contributed by atoms with E-state index < -0.39 is 10.0 Å². The molecule has 0 spiro atoms. The zero-order valence-corrected chi connectivity index (χ0v) is 19.7. The molecule has 1 aliphatic heterocycles. The van der Waals surface area contributed by atoms with Crippen LogP contribution in [0.1, 0.15) is 33.8 Å². The Morgan fingerprint density at radius 1 is 1.19 bits per heavy atom. The number of piperidine rings is 1. The molecule has 1 aromatic carbocycles. The Hall–Kier alpha value is -2.62. The van der Waals surface area contributed by atoms with Crippen LogP contribution >= 0.6 is 11.3 Å². The molecule has 32 heavy (non-hydrogen) atoms. The minimum absolute atomic E-state index is 0.0479. The van der Waals surface area contributed by atoms with Crippen molar-refractivity contribution in [1.82, 2.24) is 19.6 Å². The first-order chi connectivity index (χ1) is 15.3. The summed E-state index contributed by atoms with van der Waals surface area (Å²) in [6.07, 6.45) is 3.43. The number of nitrogens with zero attached hydrogens (tertiary/aromatic N) is 3. The van der Waals surface area contributed by atoms with E-state index in [1.54, 1.807) is 30.5 Å². The summed E-state index contributed by atoms with van der Waals surface area (Å²) in [4.78, 5) is 24.8. The first-order valence-electron chi connectivity index (χ1n) is 10.6. The standard InChI is InChI=1S/C23H26N4O3S2/c1-16-8-10-19(11-9-16)32(29,30)25-14-18-6-5-13-27(15-18)23(28)21-17(2)26-22(31-21)20-7-3-4-12-24-20/h3-4,7-12,18,25H,5-6,13-15H2,1-2H3. The number of rotatable bonds is 6. The molecule has 1 saturated heterocycles. The van der Waals surface area contributed by atoms with Gasteiger partial charge in [-0.25, -0.2) is 18.1 Å². The summed E-state index contributed by atoms with van der Waals surface area (Å²) in [7, 11) is -3.57. The molecule has 1 fully saturated rings. The number of pyridine rings is 1. The van der Waals surface area contributed by atoms with Gasteiger partial charge in [0.15, 0.2) is 0 Å². The highest BCUT2D eigenvalue weighted by molar-refractivity contribution is 7.89. The Morgan fingerprint density at radius 2 is 1.97 bits per heavy atom. The van der Waals surface area contributed by atoms with Gasteiger partial charge in [0.1, 0.15) is 9.88 Å². The number of likely N-dealkylation sites (tertiary alicyclic amines) is 1. The first kappa shape index (κ1) is 22.6. The summed E-state index contributed by atoms with van der Waals surface area (Å²) < 4.78 is 27.9. The molecule has 1 unspecified atom stereocenters. The number of aromatic nitrogens is 2. The molecule has 2 aromatic heterocycles. The number of carbonyl (C=O) groups excluding carboxylic acids is 1. The van der Waals surface area contributed by atoms with Gasteiger partial charge in [0.25, 0.3) is 5.91 Å². The van der Waals surface area contributed by atoms with Crippen molar-refractivity contribution in [1.29, 1.82) is 0 Å². The normalized spacial score (nSPS) is 16.8. The lowest BCUT2D eigenvalue weighted by atomic mass is 9.98. The maximum Gasteiger partial charge on any atom is 0.265 e. The number of hydrogen-bond acceptors (Lipinski definition) is 6. The van der Waals surface area contributed by atoms with Crippen molar-refractivity contribution in [3.63, 3.8) is 0 Å². The van der Waals surface area contributed by atoms with Gasteiger partial charge in [-0.2, -0.15) is 0 Å². The molecule has 0 saturated carbocycles. The third kappa shape index (κ3) is 5.06. The molecule has 1 amide bonds. The Morgan fingerprint density at radius 3 is 2.69 bits per heavy atom. The number of aryl methyl sites for hydroxylation is 2. The van der Waals surface area contributed by atoms with Gasteiger partial charge in [-0.05, 0) is 56.9 Å². The molecular weight excluding hydrogens is 444 g/mol. The summed E-state index contributed by atoms with van der Waals surface area (Å²) in [6, 6.07) is 12.4. The molecule has 0 bridgehead atoms. The number of thiazole rings is 1. The predicted octanol–water partition coefficient (Wildman–Crippen LogP) is 3.65. The van der Waals surface area contributed by atoms with Gasteiger partial charge in [0.05, 0.1) is 16.3 Å². The Balaban J connectivity index is 1.41. The number of benzene rings is 1. The zero-order valence-electron chi connectivity index (χ0n) is 18.1. The van der Waals surface area contributed by atoms with Crippen molar-refractivity contribution < 1.29 is 13.2 Å². The van der Waals surface area contributed by atoms with Crippen LogP contribution in [0.4, 0.5) is 0 Å². The molecule has 1 N–H and O–H groups in total. The summed E-state index contributed by atoms with van der Waals surface area (Å²) in [5.74, 6) is 0.0182. The number of carbonyl (C=O) groups is 1. The summed E-state index contributed by atoms with van der Waals surface area (Å²) in [5, 5.41) is 0.728. The second-order valence-corrected chi connectivity index (χ2v) is 10.8. The second kappa shape index (κ2) is 9.48. The number of hydrogen-bond donors (Lipinski definition) is 1. The number of nitrogens with one attached hydrogen (secondary N) is 1. The summed E-state index contributed by atoms with van der Waals surface area (Å²) in [6.45, 7) is 5.25. The smallest absolute Gasteiger partial charge is 0.265 e. The largest absolute Gasteiger partial charge is 0.338 e. The van der Waals surface area contributed by atoms with Crippen molar-refractivity contribution in [2.75, 3.05) is 19.6 Å². The van der Waals surface area contributed by atoms with Crippen LogP contribution in [-0.2, 0) is 10.0 Å². The highest BCUT2D eigenvalue weighted by Crippen LogP contribution is 2.29. The second-order valence-electron chi connectivity index (χ2n) is 8.07. The molecule has 0 radical (unpaired) electrons. The van der Waals surface area contributed by atoms with Gasteiger partial charge in [-0.1, -0.05) is 23.8 Å². The lowest BCUT2D eigenvalue weighted by Crippen LogP contribution is -2.43. The van der Waals surface area contributed by atoms with E-state index >= 15 is 0 Å². The molecule has 3 aromatic rings. The Bertz CT molecular complexity index is 1190. The highest BCUT2D eigenvalue weighted by Gasteiger charge is 2.28. The van der Waals surface area contributed by atoms with Crippen LogP contribution in [0.2, 0.25) is 0 Å². The summed E-state index contributed by atoms with van der Waals surface area (Å²) in [5.41, 5.74) is 2.46. The monoisotopic (exact) mass is 470 g/mol. The number of sulfonamides is 1. The fourth-order valence-electron chi connectivity index (χ4n) is 3.78. The third-order valence-electron chi connectivity index (χ3n) is 5.57. The van der Waals surface area contributed by atoms with Crippen LogP contribution in [0.15, 0.2) is 53.6 Å². The summed E-state index contributed by atoms with van der Waals surface area (Å²) >= 11 is 1.36. The van der Waals surface area contributed by atoms with Gasteiger partial charge < -0.3 is 4.90 Å². The lowest BCUT2D eigenvalue weighted by Gasteiger charge is -2.32. The first-order valence-corrected chi connectivity index (χ1v) is 12.9. The molecule has 168 valence electrons. The van der Waals surface area contributed by atoms with Crippen molar-refractivity contribution >= 4 is 27.3 Å². The van der Waals surface area contributed by atoms with Crippen molar-refractivity contribution in [3.05, 3.63) is 64.8 Å². The third-order valence-corrected chi connectivity index (χ3v) is 8.18. The fraction of sp³-hybridized carbons (Fsp3) is 0.348. The van der Waals surface area contributed by atoms with Crippen LogP contribution in [0.3, 0.4) is 0 Å². The van der Waals surface area contributed by atoms with E-state index in [1.807, 2.05) is 36.9 Å². The average Bonchev–Trinajstić information content (AvgIpc) is 3.20. The molecule has 7 nitrogen and oxygen atoms in total. The van der Waals surface area contributed by atoms with Crippen LogP contribution in [-0.4, -0.2) is 48.8 Å². The Labute approximate surface area is 192 Å². The van der Waals surface area contributed by atoms with Crippen LogP contribution in [0.5, 0.6) is 0 Å². The van der Waals surface area contributed by atoms with Gasteiger partial charge in [0.2, 0.25) is 10.0 Å². The van der Waals surface area contributed by atoms with E-state index in [2.05, 4.69) is 14.7 Å². The zero-order chi connectivity index (χ0) is 22.7. The van der Waals surface area contributed by atoms with Crippen molar-refractivity contribution in [2.24, 2.45) is 5.92 Å². The SMILES string of the molecule is Cc1ccc(S(=O)(=O)NCC2CCCN(C(=O)c3sc(-c4ccccn4)nc3C)C2)cc1. The van der Waals surface area contributed by atoms with E-state index in [1.165, 1.54) is 11.3 Å². The molecular formula is C23H26N4O3S2. The highest BCUT2D eigenvalue weighted by atomic mass is 32.2. The molecule has 9 heteroatoms. The van der Waals surface area contributed by atoms with Gasteiger partial charge in [-0.3, -0.25) is 9.78 Å². The Kier molecular flexibility index (Phi) is 6.68. The van der Waals surface area contributed by atoms with E-state index in [0.717, 1.165) is 29.1 Å². The van der Waals surface area contributed by atoms with E-state index in [4.69, 9.17) is 0 Å². The van der Waals surface area contributed by atoms with Gasteiger partial charge in [0, 0.05) is 25.8 Å². The van der Waals surface area contributed by atoms with Gasteiger partial charge in [-0.15, -0.1) is 11.3 Å². The predicted molar refractivity (Wildman–Crippen MR) is 125 cm³/mol. The fourth-order valence-corrected chi connectivity index (χ4v) is 5.91. The topological polar surface area (TPSA) is 92.3 Å². The molecule has 4 rings (SSSR count). The van der Waals surface area contributed by atoms with Crippen LogP contribution in [0, 0.1) is 19.8 Å². The van der Waals surface area contributed by atoms with E-state index in [-0.39, 0.29) is 16.7 Å². The van der Waals surface area contributed by atoms with Crippen molar-refractivity contribution in [2.45, 2.75) is 31.6 Å². The quantitative estimate of drug-likeness (QED) is 0.594. The molecule has 1 atom stereocenters. The minimum Gasteiger partial charge on any atom is -0.338 e. The maximum atomic E-state index is 13.2. The van der Waals surface area contributed by atoms with E-state index in [0.29, 0.717) is 30.2 Å². The van der Waals surface area contributed by atoms with Crippen molar-refractivity contribution in [3.8, 4) is 10.7 Å². The average molecular weight is 471 g/mol. The van der Waals surface area contributed by atoms with Crippen LogP contribution < -0.4 is 4.72 Å². The van der Waals surface area contributed by atoms with E-state index in [9.17, 15) is 13.2 Å². The van der Waals surface area contributed by atoms with Gasteiger partial charge >= 0.3 is 0 Å². The molecule has 0 aliphatic carbocycles. The molecule has 3 heterocycles. The van der Waals surface area contributed by atoms with Crippen LogP contribution in [0.25, 0.3) is 10.7 Å². The lowest BCUT2D eigenvalue weighted by molar-refractivity contribution is 0.0680. The number of amides is 1. The maximum absolute atomic E-state index is 13.2. The minimum atomic E-state index is -3.57. The molecule has 1 aliphatic rings.